The van der Waals surface area contributed by atoms with E-state index >= 15 is 0 Å². The molecule has 0 bridgehead atoms. The predicted octanol–water partition coefficient (Wildman–Crippen LogP) is 3.94. The SMILES string of the molecule is COc1ccccc1C1(NC(=O)Cn2c(C)nc3ccccc32)CCCC1. The minimum absolute atomic E-state index is 0.00839. The molecule has 3 aromatic rings. The first-order valence-electron chi connectivity index (χ1n) is 9.49. The molecule has 5 heteroatoms. The Balaban J connectivity index is 1.62. The fourth-order valence-corrected chi connectivity index (χ4v) is 4.33. The Bertz CT molecular complexity index is 971. The first kappa shape index (κ1) is 17.6. The number of ether oxygens (including phenoxy) is 1. The van der Waals surface area contributed by atoms with Gasteiger partial charge in [0.15, 0.2) is 0 Å². The highest BCUT2D eigenvalue weighted by Crippen LogP contribution is 2.42. The fraction of sp³-hybridized carbons (Fsp3) is 0.364. The second kappa shape index (κ2) is 7.06. The highest BCUT2D eigenvalue weighted by Gasteiger charge is 2.39. The van der Waals surface area contributed by atoms with E-state index in [1.807, 2.05) is 54.0 Å². The highest BCUT2D eigenvalue weighted by atomic mass is 16.5. The van der Waals surface area contributed by atoms with Crippen LogP contribution in [0.2, 0.25) is 0 Å². The number of imidazole rings is 1. The highest BCUT2D eigenvalue weighted by molar-refractivity contribution is 5.81. The largest absolute Gasteiger partial charge is 0.496 e. The van der Waals surface area contributed by atoms with E-state index in [1.165, 1.54) is 0 Å². The Morgan fingerprint density at radius 1 is 1.15 bits per heavy atom. The number of benzene rings is 2. The number of carbonyl (C=O) groups excluding carboxylic acids is 1. The Morgan fingerprint density at radius 2 is 1.85 bits per heavy atom. The van der Waals surface area contributed by atoms with Gasteiger partial charge in [0, 0.05) is 5.56 Å². The average Bonchev–Trinajstić information content (AvgIpc) is 3.27. The molecule has 1 saturated carbocycles. The van der Waals surface area contributed by atoms with Crippen LogP contribution in [0.25, 0.3) is 11.0 Å². The second-order valence-electron chi connectivity index (χ2n) is 7.27. The number of carbonyl (C=O) groups is 1. The molecular formula is C22H25N3O2. The van der Waals surface area contributed by atoms with Crippen LogP contribution in [-0.2, 0) is 16.9 Å². The number of amides is 1. The molecule has 0 unspecified atom stereocenters. The van der Waals surface area contributed by atoms with E-state index in [0.717, 1.165) is 53.9 Å². The van der Waals surface area contributed by atoms with E-state index in [2.05, 4.69) is 16.4 Å². The molecule has 4 rings (SSSR count). The molecule has 0 saturated heterocycles. The normalized spacial score (nSPS) is 15.8. The van der Waals surface area contributed by atoms with Gasteiger partial charge in [-0.3, -0.25) is 4.79 Å². The van der Waals surface area contributed by atoms with E-state index in [0.29, 0.717) is 0 Å². The van der Waals surface area contributed by atoms with Crippen LogP contribution < -0.4 is 10.1 Å². The number of aromatic nitrogens is 2. The van der Waals surface area contributed by atoms with Gasteiger partial charge in [0.05, 0.1) is 23.7 Å². The van der Waals surface area contributed by atoms with Gasteiger partial charge in [-0.05, 0) is 38.0 Å². The Labute approximate surface area is 159 Å². The Kier molecular flexibility index (Phi) is 4.60. The lowest BCUT2D eigenvalue weighted by molar-refractivity contribution is -0.123. The summed E-state index contributed by atoms with van der Waals surface area (Å²) in [4.78, 5) is 17.6. The van der Waals surface area contributed by atoms with Crippen molar-refractivity contribution >= 4 is 16.9 Å². The summed E-state index contributed by atoms with van der Waals surface area (Å²) in [7, 11) is 1.68. The van der Waals surface area contributed by atoms with Crippen LogP contribution in [0.1, 0.15) is 37.1 Å². The van der Waals surface area contributed by atoms with Crippen LogP contribution >= 0.6 is 0 Å². The zero-order valence-corrected chi connectivity index (χ0v) is 15.9. The van der Waals surface area contributed by atoms with E-state index < -0.39 is 0 Å². The van der Waals surface area contributed by atoms with E-state index in [9.17, 15) is 4.79 Å². The third-order valence-electron chi connectivity index (χ3n) is 5.61. The van der Waals surface area contributed by atoms with Crippen molar-refractivity contribution in [2.75, 3.05) is 7.11 Å². The molecule has 0 aliphatic heterocycles. The summed E-state index contributed by atoms with van der Waals surface area (Å²) in [6, 6.07) is 15.9. The predicted molar refractivity (Wildman–Crippen MR) is 106 cm³/mol. The maximum Gasteiger partial charge on any atom is 0.240 e. The van der Waals surface area contributed by atoms with Gasteiger partial charge < -0.3 is 14.6 Å². The van der Waals surface area contributed by atoms with Crippen molar-refractivity contribution in [2.24, 2.45) is 0 Å². The standard InChI is InChI=1S/C22H25N3O2/c1-16-23-18-10-4-5-11-19(18)25(16)15-21(26)24-22(13-7-8-14-22)17-9-3-6-12-20(17)27-2/h3-6,9-12H,7-8,13-15H2,1-2H3,(H,24,26). The number of nitrogens with zero attached hydrogens (tertiary/aromatic N) is 2. The first-order chi connectivity index (χ1) is 13.1. The minimum Gasteiger partial charge on any atom is -0.496 e. The van der Waals surface area contributed by atoms with Gasteiger partial charge >= 0.3 is 0 Å². The number of nitrogens with one attached hydrogen (secondary N) is 1. The van der Waals surface area contributed by atoms with Gasteiger partial charge in [0.25, 0.3) is 0 Å². The zero-order chi connectivity index (χ0) is 18.9. The molecule has 1 fully saturated rings. The number of hydrogen-bond donors (Lipinski definition) is 1. The zero-order valence-electron chi connectivity index (χ0n) is 15.9. The molecule has 2 aromatic carbocycles. The van der Waals surface area contributed by atoms with Crippen molar-refractivity contribution in [1.29, 1.82) is 0 Å². The lowest BCUT2D eigenvalue weighted by Crippen LogP contribution is -2.45. The molecule has 0 atom stereocenters. The van der Waals surface area contributed by atoms with Gasteiger partial charge in [0.2, 0.25) is 5.91 Å². The fourth-order valence-electron chi connectivity index (χ4n) is 4.33. The van der Waals surface area contributed by atoms with Crippen LogP contribution in [-0.4, -0.2) is 22.6 Å². The Morgan fingerprint density at radius 3 is 2.63 bits per heavy atom. The number of methoxy groups -OCH3 is 1. The number of fused-ring (bicyclic) bond motifs is 1. The van der Waals surface area contributed by atoms with Gasteiger partial charge in [0.1, 0.15) is 18.1 Å². The number of hydrogen-bond acceptors (Lipinski definition) is 3. The van der Waals surface area contributed by atoms with Crippen molar-refractivity contribution in [3.63, 3.8) is 0 Å². The number of aryl methyl sites for hydroxylation is 1. The average molecular weight is 363 g/mol. The van der Waals surface area contributed by atoms with Crippen molar-refractivity contribution in [3.05, 3.63) is 59.9 Å². The monoisotopic (exact) mass is 363 g/mol. The summed E-state index contributed by atoms with van der Waals surface area (Å²) in [6.07, 6.45) is 4.07. The lowest BCUT2D eigenvalue weighted by Gasteiger charge is -2.32. The third kappa shape index (κ3) is 3.18. The van der Waals surface area contributed by atoms with Gasteiger partial charge in [-0.25, -0.2) is 4.98 Å². The molecule has 0 spiro atoms. The van der Waals surface area contributed by atoms with Crippen LogP contribution in [0, 0.1) is 6.92 Å². The van der Waals surface area contributed by atoms with Gasteiger partial charge in [-0.15, -0.1) is 0 Å². The van der Waals surface area contributed by atoms with Crippen molar-refractivity contribution in [3.8, 4) is 5.75 Å². The van der Waals surface area contributed by atoms with Gasteiger partial charge in [-0.1, -0.05) is 43.2 Å². The molecule has 5 nitrogen and oxygen atoms in total. The molecule has 0 radical (unpaired) electrons. The molecule has 1 aliphatic rings. The molecule has 1 aromatic heterocycles. The van der Waals surface area contributed by atoms with E-state index in [-0.39, 0.29) is 18.0 Å². The summed E-state index contributed by atoms with van der Waals surface area (Å²) in [5.74, 6) is 1.70. The van der Waals surface area contributed by atoms with Crippen LogP contribution in [0.15, 0.2) is 48.5 Å². The quantitative estimate of drug-likeness (QED) is 0.747. The molecule has 1 aliphatic carbocycles. The first-order valence-corrected chi connectivity index (χ1v) is 9.49. The molecule has 1 N–H and O–H groups in total. The van der Waals surface area contributed by atoms with Crippen molar-refractivity contribution in [2.45, 2.75) is 44.7 Å². The maximum atomic E-state index is 13.0. The number of rotatable bonds is 5. The number of para-hydroxylation sites is 3. The summed E-state index contributed by atoms with van der Waals surface area (Å²) in [6.45, 7) is 2.21. The Hall–Kier alpha value is -2.82. The summed E-state index contributed by atoms with van der Waals surface area (Å²) in [5.41, 5.74) is 2.63. The van der Waals surface area contributed by atoms with Crippen molar-refractivity contribution in [1.82, 2.24) is 14.9 Å². The molecular weight excluding hydrogens is 338 g/mol. The van der Waals surface area contributed by atoms with Crippen LogP contribution in [0.5, 0.6) is 5.75 Å². The third-order valence-corrected chi connectivity index (χ3v) is 5.61. The lowest BCUT2D eigenvalue weighted by atomic mass is 9.87. The molecule has 140 valence electrons. The summed E-state index contributed by atoms with van der Waals surface area (Å²) < 4.78 is 7.56. The van der Waals surface area contributed by atoms with E-state index in [4.69, 9.17) is 4.74 Å². The van der Waals surface area contributed by atoms with Crippen LogP contribution in [0.4, 0.5) is 0 Å². The van der Waals surface area contributed by atoms with Gasteiger partial charge in [-0.2, -0.15) is 0 Å². The topological polar surface area (TPSA) is 56.1 Å². The minimum atomic E-state index is -0.353. The van der Waals surface area contributed by atoms with E-state index in [1.54, 1.807) is 7.11 Å². The molecule has 1 heterocycles. The maximum absolute atomic E-state index is 13.0. The summed E-state index contributed by atoms with van der Waals surface area (Å²) >= 11 is 0. The molecule has 1 amide bonds. The molecule has 27 heavy (non-hydrogen) atoms. The smallest absolute Gasteiger partial charge is 0.240 e. The second-order valence-corrected chi connectivity index (χ2v) is 7.27. The summed E-state index contributed by atoms with van der Waals surface area (Å²) in [5, 5.41) is 3.35. The van der Waals surface area contributed by atoms with Crippen molar-refractivity contribution < 1.29 is 9.53 Å². The van der Waals surface area contributed by atoms with Crippen LogP contribution in [0.3, 0.4) is 0 Å².